The Morgan fingerprint density at radius 1 is 0.842 bits per heavy atom. The summed E-state index contributed by atoms with van der Waals surface area (Å²) in [5, 5.41) is 3.78. The molecule has 3 aliphatic rings. The first-order valence-electron chi connectivity index (χ1n) is 8.76. The molecule has 2 aliphatic heterocycles. The van der Waals surface area contributed by atoms with Gasteiger partial charge in [-0.3, -0.25) is 4.90 Å². The van der Waals surface area contributed by atoms with Crippen molar-refractivity contribution in [1.82, 2.24) is 10.2 Å². The Labute approximate surface area is 119 Å². The number of hydrogen-bond acceptors (Lipinski definition) is 2. The molecule has 3 fully saturated rings. The van der Waals surface area contributed by atoms with E-state index < -0.39 is 0 Å². The largest absolute Gasteiger partial charge is 0.312 e. The quantitative estimate of drug-likeness (QED) is 0.822. The van der Waals surface area contributed by atoms with Crippen LogP contribution in [0.1, 0.15) is 65.2 Å². The molecular weight excluding hydrogens is 232 g/mol. The number of nitrogens with zero attached hydrogens (tertiary/aromatic N) is 1. The summed E-state index contributed by atoms with van der Waals surface area (Å²) in [7, 11) is 0. The monoisotopic (exact) mass is 264 g/mol. The van der Waals surface area contributed by atoms with Gasteiger partial charge in [0.05, 0.1) is 0 Å². The van der Waals surface area contributed by atoms with Crippen LogP contribution in [0.3, 0.4) is 0 Å². The molecule has 0 amide bonds. The zero-order valence-electron chi connectivity index (χ0n) is 12.9. The second kappa shape index (κ2) is 6.13. The van der Waals surface area contributed by atoms with Gasteiger partial charge in [0.2, 0.25) is 0 Å². The summed E-state index contributed by atoms with van der Waals surface area (Å²) >= 11 is 0. The third-order valence-electron chi connectivity index (χ3n) is 6.02. The Balaban J connectivity index is 1.74. The fourth-order valence-electron chi connectivity index (χ4n) is 5.14. The molecule has 0 radical (unpaired) electrons. The molecule has 110 valence electrons. The smallest absolute Gasteiger partial charge is 0.0252 e. The highest BCUT2D eigenvalue weighted by molar-refractivity contribution is 4.96. The van der Waals surface area contributed by atoms with Crippen molar-refractivity contribution in [2.75, 3.05) is 13.1 Å². The van der Waals surface area contributed by atoms with Crippen LogP contribution in [0.15, 0.2) is 0 Å². The van der Waals surface area contributed by atoms with E-state index in [4.69, 9.17) is 0 Å². The molecule has 1 N–H and O–H groups in total. The molecule has 4 atom stereocenters. The van der Waals surface area contributed by atoms with Crippen molar-refractivity contribution in [2.45, 2.75) is 83.3 Å². The number of hydrogen-bond donors (Lipinski definition) is 1. The van der Waals surface area contributed by atoms with Gasteiger partial charge in [-0.15, -0.1) is 0 Å². The van der Waals surface area contributed by atoms with Crippen LogP contribution in [-0.4, -0.2) is 36.1 Å². The summed E-state index contributed by atoms with van der Waals surface area (Å²) in [4.78, 5) is 2.95. The molecule has 0 aromatic carbocycles. The van der Waals surface area contributed by atoms with Crippen molar-refractivity contribution >= 4 is 0 Å². The summed E-state index contributed by atoms with van der Waals surface area (Å²) in [5.74, 6) is 1.82. The summed E-state index contributed by atoms with van der Waals surface area (Å²) in [6.07, 6.45) is 11.5. The molecule has 2 heteroatoms. The Hall–Kier alpha value is -0.0800. The standard InChI is InChI=1S/C17H32N2/c1-13-7-5-8-14(2)17(13)19-12-4-3-10-16(19)15-9-6-11-18-15/h13-18H,3-12H2,1-2H3. The molecule has 2 heterocycles. The molecule has 19 heavy (non-hydrogen) atoms. The summed E-state index contributed by atoms with van der Waals surface area (Å²) < 4.78 is 0. The topological polar surface area (TPSA) is 15.3 Å². The zero-order valence-corrected chi connectivity index (χ0v) is 12.9. The number of rotatable bonds is 2. The van der Waals surface area contributed by atoms with Gasteiger partial charge in [-0.1, -0.05) is 26.7 Å². The lowest BCUT2D eigenvalue weighted by molar-refractivity contribution is 0.00229. The minimum absolute atomic E-state index is 0.793. The average Bonchev–Trinajstić information content (AvgIpc) is 2.93. The highest BCUT2D eigenvalue weighted by Crippen LogP contribution is 2.37. The Morgan fingerprint density at radius 2 is 1.63 bits per heavy atom. The first-order chi connectivity index (χ1) is 9.27. The van der Waals surface area contributed by atoms with E-state index in [1.54, 1.807) is 0 Å². The molecule has 0 spiro atoms. The van der Waals surface area contributed by atoms with Crippen molar-refractivity contribution < 1.29 is 0 Å². The van der Waals surface area contributed by atoms with Gasteiger partial charge in [0.15, 0.2) is 0 Å². The van der Waals surface area contributed by atoms with Gasteiger partial charge in [-0.05, 0) is 63.5 Å². The molecule has 4 unspecified atom stereocenters. The first-order valence-corrected chi connectivity index (χ1v) is 8.76. The highest BCUT2D eigenvalue weighted by Gasteiger charge is 2.40. The van der Waals surface area contributed by atoms with Crippen LogP contribution < -0.4 is 5.32 Å². The predicted molar refractivity (Wildman–Crippen MR) is 81.3 cm³/mol. The van der Waals surface area contributed by atoms with E-state index in [1.807, 2.05) is 0 Å². The van der Waals surface area contributed by atoms with Gasteiger partial charge < -0.3 is 5.32 Å². The van der Waals surface area contributed by atoms with Gasteiger partial charge in [0.1, 0.15) is 0 Å². The Kier molecular flexibility index (Phi) is 4.48. The summed E-state index contributed by atoms with van der Waals surface area (Å²) in [6, 6.07) is 2.49. The van der Waals surface area contributed by atoms with Crippen LogP contribution >= 0.6 is 0 Å². The van der Waals surface area contributed by atoms with Crippen LogP contribution in [0.5, 0.6) is 0 Å². The normalized spacial score (nSPS) is 45.5. The van der Waals surface area contributed by atoms with Gasteiger partial charge in [0.25, 0.3) is 0 Å². The SMILES string of the molecule is CC1CCCC(C)C1N1CCCCC1C1CCCN1. The van der Waals surface area contributed by atoms with Crippen LogP contribution in [0.4, 0.5) is 0 Å². The van der Waals surface area contributed by atoms with Crippen LogP contribution in [0, 0.1) is 11.8 Å². The van der Waals surface area contributed by atoms with Gasteiger partial charge in [-0.2, -0.15) is 0 Å². The van der Waals surface area contributed by atoms with Crippen LogP contribution in [-0.2, 0) is 0 Å². The molecule has 1 aliphatic carbocycles. The molecular formula is C17H32N2. The van der Waals surface area contributed by atoms with E-state index in [9.17, 15) is 0 Å². The Bertz CT molecular complexity index is 275. The maximum Gasteiger partial charge on any atom is 0.0252 e. The maximum atomic E-state index is 3.78. The van der Waals surface area contributed by atoms with Gasteiger partial charge in [-0.25, -0.2) is 0 Å². The molecule has 2 nitrogen and oxygen atoms in total. The minimum Gasteiger partial charge on any atom is -0.312 e. The van der Waals surface area contributed by atoms with Crippen LogP contribution in [0.2, 0.25) is 0 Å². The molecule has 0 aromatic rings. The third kappa shape index (κ3) is 2.85. The molecule has 3 rings (SSSR count). The van der Waals surface area contributed by atoms with Gasteiger partial charge in [0, 0.05) is 18.1 Å². The van der Waals surface area contributed by atoms with Crippen LogP contribution in [0.25, 0.3) is 0 Å². The van der Waals surface area contributed by atoms with E-state index >= 15 is 0 Å². The molecule has 0 bridgehead atoms. The second-order valence-electron chi connectivity index (χ2n) is 7.38. The Morgan fingerprint density at radius 3 is 2.32 bits per heavy atom. The van der Waals surface area contributed by atoms with E-state index in [0.29, 0.717) is 0 Å². The number of piperidine rings is 1. The predicted octanol–water partition coefficient (Wildman–Crippen LogP) is 3.42. The van der Waals surface area contributed by atoms with E-state index in [2.05, 4.69) is 24.1 Å². The van der Waals surface area contributed by atoms with E-state index in [0.717, 1.165) is 30.0 Å². The van der Waals surface area contributed by atoms with Gasteiger partial charge >= 0.3 is 0 Å². The van der Waals surface area contributed by atoms with Crippen molar-refractivity contribution in [3.63, 3.8) is 0 Å². The van der Waals surface area contributed by atoms with E-state index in [1.165, 1.54) is 64.5 Å². The van der Waals surface area contributed by atoms with Crippen molar-refractivity contribution in [3.05, 3.63) is 0 Å². The lowest BCUT2D eigenvalue weighted by Gasteiger charge is -2.50. The fourth-order valence-corrected chi connectivity index (χ4v) is 5.14. The third-order valence-corrected chi connectivity index (χ3v) is 6.02. The number of likely N-dealkylation sites (tertiary alicyclic amines) is 1. The summed E-state index contributed by atoms with van der Waals surface area (Å²) in [6.45, 7) is 7.63. The highest BCUT2D eigenvalue weighted by atomic mass is 15.2. The lowest BCUT2D eigenvalue weighted by atomic mass is 9.76. The molecule has 0 aromatic heterocycles. The fraction of sp³-hybridized carbons (Fsp3) is 1.00. The lowest BCUT2D eigenvalue weighted by Crippen LogP contribution is -2.58. The minimum atomic E-state index is 0.793. The summed E-state index contributed by atoms with van der Waals surface area (Å²) in [5.41, 5.74) is 0. The maximum absolute atomic E-state index is 3.78. The van der Waals surface area contributed by atoms with E-state index in [-0.39, 0.29) is 0 Å². The number of nitrogens with one attached hydrogen (secondary N) is 1. The van der Waals surface area contributed by atoms with Crippen molar-refractivity contribution in [1.29, 1.82) is 0 Å². The first kappa shape index (κ1) is 13.9. The molecule has 1 saturated carbocycles. The van der Waals surface area contributed by atoms with Crippen molar-refractivity contribution in [2.24, 2.45) is 11.8 Å². The zero-order chi connectivity index (χ0) is 13.2. The molecule has 2 saturated heterocycles. The van der Waals surface area contributed by atoms with Crippen molar-refractivity contribution in [3.8, 4) is 0 Å². The average molecular weight is 264 g/mol. The second-order valence-corrected chi connectivity index (χ2v) is 7.38.